The van der Waals surface area contributed by atoms with Gasteiger partial charge in [0, 0.05) is 6.54 Å². The first-order valence-corrected chi connectivity index (χ1v) is 6.11. The highest BCUT2D eigenvalue weighted by atomic mass is 35.5. The number of hydrogen-bond donors (Lipinski definition) is 2. The van der Waals surface area contributed by atoms with Crippen molar-refractivity contribution in [1.29, 1.82) is 0 Å². The first kappa shape index (κ1) is 11.7. The number of anilines is 1. The molecule has 0 heterocycles. The first-order valence-electron chi connectivity index (χ1n) is 5.74. The number of halogens is 1. The largest absolute Gasteiger partial charge is 0.398 e. The molecule has 1 aliphatic carbocycles. The standard InChI is InChI=1S/C13H19ClN2/c1-13(2)6-10(13)8-16-7-9-3-4-12(15)11(14)5-9/h3-5,10,16H,6-8,15H2,1-2H3. The molecule has 1 aromatic rings. The van der Waals surface area contributed by atoms with E-state index in [1.54, 1.807) is 0 Å². The predicted octanol–water partition coefficient (Wildman–Crippen LogP) is 3.06. The van der Waals surface area contributed by atoms with E-state index >= 15 is 0 Å². The molecular weight excluding hydrogens is 220 g/mol. The molecule has 0 aromatic heterocycles. The van der Waals surface area contributed by atoms with Crippen molar-refractivity contribution in [3.8, 4) is 0 Å². The molecule has 1 saturated carbocycles. The van der Waals surface area contributed by atoms with Crippen LogP contribution in [0.3, 0.4) is 0 Å². The van der Waals surface area contributed by atoms with Crippen LogP contribution in [0, 0.1) is 11.3 Å². The zero-order chi connectivity index (χ0) is 11.8. The summed E-state index contributed by atoms with van der Waals surface area (Å²) in [7, 11) is 0. The molecule has 0 saturated heterocycles. The van der Waals surface area contributed by atoms with Crippen molar-refractivity contribution in [3.63, 3.8) is 0 Å². The van der Waals surface area contributed by atoms with Gasteiger partial charge in [0.1, 0.15) is 0 Å². The summed E-state index contributed by atoms with van der Waals surface area (Å²) < 4.78 is 0. The summed E-state index contributed by atoms with van der Waals surface area (Å²) in [6.45, 7) is 6.60. The number of rotatable bonds is 4. The molecule has 0 spiro atoms. The Labute approximate surface area is 102 Å². The molecular formula is C13H19ClN2. The molecule has 1 atom stereocenters. The molecule has 2 nitrogen and oxygen atoms in total. The van der Waals surface area contributed by atoms with E-state index in [0.29, 0.717) is 16.1 Å². The Morgan fingerprint density at radius 2 is 2.19 bits per heavy atom. The van der Waals surface area contributed by atoms with Gasteiger partial charge in [-0.05, 0) is 42.0 Å². The Hall–Kier alpha value is -0.730. The van der Waals surface area contributed by atoms with E-state index in [4.69, 9.17) is 17.3 Å². The van der Waals surface area contributed by atoms with Crippen molar-refractivity contribution in [2.24, 2.45) is 11.3 Å². The van der Waals surface area contributed by atoms with Crippen molar-refractivity contribution in [2.45, 2.75) is 26.8 Å². The van der Waals surface area contributed by atoms with Crippen molar-refractivity contribution in [1.82, 2.24) is 5.32 Å². The van der Waals surface area contributed by atoms with Gasteiger partial charge in [-0.2, -0.15) is 0 Å². The Bertz CT molecular complexity index is 388. The topological polar surface area (TPSA) is 38.0 Å². The quantitative estimate of drug-likeness (QED) is 0.792. The van der Waals surface area contributed by atoms with Crippen LogP contribution in [0.1, 0.15) is 25.8 Å². The highest BCUT2D eigenvalue weighted by molar-refractivity contribution is 6.33. The van der Waals surface area contributed by atoms with E-state index in [0.717, 1.165) is 19.0 Å². The average molecular weight is 239 g/mol. The summed E-state index contributed by atoms with van der Waals surface area (Å²) >= 11 is 5.96. The second-order valence-electron chi connectivity index (χ2n) is 5.38. The maximum Gasteiger partial charge on any atom is 0.0638 e. The maximum atomic E-state index is 5.96. The Kier molecular flexibility index (Phi) is 3.13. The van der Waals surface area contributed by atoms with E-state index in [9.17, 15) is 0 Å². The number of benzene rings is 1. The van der Waals surface area contributed by atoms with Crippen molar-refractivity contribution < 1.29 is 0 Å². The van der Waals surface area contributed by atoms with Gasteiger partial charge in [-0.15, -0.1) is 0 Å². The van der Waals surface area contributed by atoms with Gasteiger partial charge in [-0.1, -0.05) is 31.5 Å². The molecule has 0 bridgehead atoms. The van der Waals surface area contributed by atoms with Crippen LogP contribution < -0.4 is 11.1 Å². The smallest absolute Gasteiger partial charge is 0.0638 e. The minimum Gasteiger partial charge on any atom is -0.398 e. The molecule has 88 valence electrons. The molecule has 0 radical (unpaired) electrons. The first-order chi connectivity index (χ1) is 7.49. The van der Waals surface area contributed by atoms with Gasteiger partial charge in [-0.25, -0.2) is 0 Å². The van der Waals surface area contributed by atoms with Crippen LogP contribution in [-0.2, 0) is 6.54 Å². The zero-order valence-corrected chi connectivity index (χ0v) is 10.6. The third kappa shape index (κ3) is 2.69. The molecule has 1 fully saturated rings. The lowest BCUT2D eigenvalue weighted by Gasteiger charge is -2.07. The summed E-state index contributed by atoms with van der Waals surface area (Å²) in [5, 5.41) is 4.11. The fourth-order valence-electron chi connectivity index (χ4n) is 2.00. The highest BCUT2D eigenvalue weighted by Crippen LogP contribution is 2.50. The van der Waals surface area contributed by atoms with Gasteiger partial charge in [0.05, 0.1) is 10.7 Å². The normalized spacial score (nSPS) is 22.1. The molecule has 1 aromatic carbocycles. The number of nitrogen functional groups attached to an aromatic ring is 1. The van der Waals surface area contributed by atoms with E-state index in [2.05, 4.69) is 19.2 Å². The summed E-state index contributed by atoms with van der Waals surface area (Å²) in [4.78, 5) is 0. The fraction of sp³-hybridized carbons (Fsp3) is 0.538. The van der Waals surface area contributed by atoms with Crippen LogP contribution in [0.5, 0.6) is 0 Å². The fourth-order valence-corrected chi connectivity index (χ4v) is 2.20. The van der Waals surface area contributed by atoms with Gasteiger partial charge < -0.3 is 11.1 Å². The Morgan fingerprint density at radius 3 is 2.75 bits per heavy atom. The number of nitrogens with one attached hydrogen (secondary N) is 1. The van der Waals surface area contributed by atoms with E-state index in [1.165, 1.54) is 12.0 Å². The monoisotopic (exact) mass is 238 g/mol. The van der Waals surface area contributed by atoms with Crippen LogP contribution in [0.15, 0.2) is 18.2 Å². The van der Waals surface area contributed by atoms with Crippen LogP contribution in [0.2, 0.25) is 5.02 Å². The number of hydrogen-bond acceptors (Lipinski definition) is 2. The Morgan fingerprint density at radius 1 is 1.50 bits per heavy atom. The van der Waals surface area contributed by atoms with Gasteiger partial charge >= 0.3 is 0 Å². The SMILES string of the molecule is CC1(C)CC1CNCc1ccc(N)c(Cl)c1. The van der Waals surface area contributed by atoms with E-state index < -0.39 is 0 Å². The zero-order valence-electron chi connectivity index (χ0n) is 9.89. The van der Waals surface area contributed by atoms with Gasteiger partial charge in [0.25, 0.3) is 0 Å². The van der Waals surface area contributed by atoms with Crippen LogP contribution in [0.4, 0.5) is 5.69 Å². The van der Waals surface area contributed by atoms with Gasteiger partial charge in [0.15, 0.2) is 0 Å². The molecule has 1 unspecified atom stereocenters. The van der Waals surface area contributed by atoms with Crippen LogP contribution in [0.25, 0.3) is 0 Å². The van der Waals surface area contributed by atoms with Crippen molar-refractivity contribution in [2.75, 3.05) is 12.3 Å². The number of nitrogens with two attached hydrogens (primary N) is 1. The van der Waals surface area contributed by atoms with E-state index in [-0.39, 0.29) is 0 Å². The summed E-state index contributed by atoms with van der Waals surface area (Å²) in [6, 6.07) is 5.81. The minimum atomic E-state index is 0.547. The average Bonchev–Trinajstić information content (AvgIpc) is 2.80. The van der Waals surface area contributed by atoms with Crippen LogP contribution >= 0.6 is 11.6 Å². The second-order valence-corrected chi connectivity index (χ2v) is 5.78. The van der Waals surface area contributed by atoms with Crippen molar-refractivity contribution in [3.05, 3.63) is 28.8 Å². The molecule has 1 aliphatic rings. The molecule has 3 N–H and O–H groups in total. The van der Waals surface area contributed by atoms with E-state index in [1.807, 2.05) is 18.2 Å². The minimum absolute atomic E-state index is 0.547. The lowest BCUT2D eigenvalue weighted by Crippen LogP contribution is -2.18. The molecule has 2 rings (SSSR count). The molecule has 16 heavy (non-hydrogen) atoms. The summed E-state index contributed by atoms with van der Waals surface area (Å²) in [6.07, 6.45) is 1.34. The summed E-state index contributed by atoms with van der Waals surface area (Å²) in [5.41, 5.74) is 8.05. The highest BCUT2D eigenvalue weighted by Gasteiger charge is 2.44. The van der Waals surface area contributed by atoms with Crippen molar-refractivity contribution >= 4 is 17.3 Å². The Balaban J connectivity index is 1.79. The predicted molar refractivity (Wildman–Crippen MR) is 69.5 cm³/mol. The third-order valence-electron chi connectivity index (χ3n) is 3.50. The molecule has 0 aliphatic heterocycles. The van der Waals surface area contributed by atoms with Crippen LogP contribution in [-0.4, -0.2) is 6.54 Å². The lowest BCUT2D eigenvalue weighted by molar-refractivity contribution is 0.519. The summed E-state index contributed by atoms with van der Waals surface area (Å²) in [5.74, 6) is 0.830. The third-order valence-corrected chi connectivity index (χ3v) is 3.83. The lowest BCUT2D eigenvalue weighted by atomic mass is 10.1. The van der Waals surface area contributed by atoms with Gasteiger partial charge in [-0.3, -0.25) is 0 Å². The maximum absolute atomic E-state index is 5.96. The second kappa shape index (κ2) is 4.27. The molecule has 3 heteroatoms. The molecule has 0 amide bonds. The van der Waals surface area contributed by atoms with Gasteiger partial charge in [0.2, 0.25) is 0 Å².